The molecule has 0 bridgehead atoms. The Morgan fingerprint density at radius 1 is 1.25 bits per heavy atom. The maximum absolute atomic E-state index is 10.8. The number of hydrogen-bond donors (Lipinski definition) is 3. The number of aliphatic hydroxyl groups excluding tert-OH is 1. The molecule has 1 amide bonds. The van der Waals surface area contributed by atoms with Gasteiger partial charge in [0.15, 0.2) is 0 Å². The lowest BCUT2D eigenvalue weighted by Crippen LogP contribution is -2.37. The Labute approximate surface area is 118 Å². The number of carboxylic acids is 1. The standard InChI is InChI=1S/C12H17NO3.C2H4O2/c1-10(15)13-11(9-14)7-8-16-12-5-3-2-4-6-12;1-2(3)4/h2-6,11,14H,7-9H2,1H3,(H,13,15);1H3,(H,3,4). The summed E-state index contributed by atoms with van der Waals surface area (Å²) in [6, 6.07) is 9.21. The van der Waals surface area contributed by atoms with Crippen LogP contribution in [-0.2, 0) is 9.59 Å². The van der Waals surface area contributed by atoms with Crippen LogP contribution in [0, 0.1) is 0 Å². The normalized spacial score (nSPS) is 10.8. The van der Waals surface area contributed by atoms with Gasteiger partial charge in [-0.2, -0.15) is 0 Å². The molecule has 0 fully saturated rings. The zero-order valence-corrected chi connectivity index (χ0v) is 11.7. The number of rotatable bonds is 6. The van der Waals surface area contributed by atoms with Gasteiger partial charge >= 0.3 is 0 Å². The first-order chi connectivity index (χ1) is 9.45. The van der Waals surface area contributed by atoms with E-state index in [1.54, 1.807) is 0 Å². The highest BCUT2D eigenvalue weighted by Crippen LogP contribution is 2.08. The van der Waals surface area contributed by atoms with Crippen LogP contribution < -0.4 is 10.1 Å². The molecule has 0 spiro atoms. The van der Waals surface area contributed by atoms with E-state index in [1.165, 1.54) is 6.92 Å². The molecular weight excluding hydrogens is 262 g/mol. The lowest BCUT2D eigenvalue weighted by atomic mass is 10.2. The van der Waals surface area contributed by atoms with Crippen LogP contribution in [0.3, 0.4) is 0 Å². The van der Waals surface area contributed by atoms with Gasteiger partial charge in [0.25, 0.3) is 5.97 Å². The van der Waals surface area contributed by atoms with Crippen molar-refractivity contribution in [1.82, 2.24) is 5.32 Å². The number of carbonyl (C=O) groups is 2. The molecular formula is C14H21NO5. The Bertz CT molecular complexity index is 390. The molecule has 20 heavy (non-hydrogen) atoms. The number of ether oxygens (including phenoxy) is 1. The van der Waals surface area contributed by atoms with Crippen LogP contribution in [0.4, 0.5) is 0 Å². The highest BCUT2D eigenvalue weighted by Gasteiger charge is 2.08. The van der Waals surface area contributed by atoms with Crippen molar-refractivity contribution in [2.24, 2.45) is 0 Å². The highest BCUT2D eigenvalue weighted by molar-refractivity contribution is 5.73. The minimum Gasteiger partial charge on any atom is -0.494 e. The summed E-state index contributed by atoms with van der Waals surface area (Å²) in [7, 11) is 0. The van der Waals surface area contributed by atoms with Gasteiger partial charge in [-0.05, 0) is 12.1 Å². The summed E-state index contributed by atoms with van der Waals surface area (Å²) in [5, 5.41) is 19.1. The Balaban J connectivity index is 0.000000796. The van der Waals surface area contributed by atoms with Gasteiger partial charge in [0.1, 0.15) is 5.75 Å². The van der Waals surface area contributed by atoms with Gasteiger partial charge in [-0.15, -0.1) is 0 Å². The molecule has 112 valence electrons. The number of hydrogen-bond acceptors (Lipinski definition) is 4. The van der Waals surface area contributed by atoms with E-state index in [9.17, 15) is 4.79 Å². The first kappa shape index (κ1) is 17.9. The van der Waals surface area contributed by atoms with Crippen molar-refractivity contribution in [3.05, 3.63) is 30.3 Å². The molecule has 0 heterocycles. The van der Waals surface area contributed by atoms with Gasteiger partial charge in [-0.3, -0.25) is 9.59 Å². The number of benzene rings is 1. The van der Waals surface area contributed by atoms with E-state index in [0.717, 1.165) is 12.7 Å². The smallest absolute Gasteiger partial charge is 0.300 e. The van der Waals surface area contributed by atoms with Gasteiger partial charge in [-0.1, -0.05) is 18.2 Å². The van der Waals surface area contributed by atoms with Crippen molar-refractivity contribution < 1.29 is 24.5 Å². The average molecular weight is 283 g/mol. The van der Waals surface area contributed by atoms with Crippen molar-refractivity contribution in [1.29, 1.82) is 0 Å². The van der Waals surface area contributed by atoms with Crippen LogP contribution in [0.1, 0.15) is 20.3 Å². The van der Waals surface area contributed by atoms with Crippen LogP contribution in [0.2, 0.25) is 0 Å². The number of amides is 1. The SMILES string of the molecule is CC(=O)NC(CO)CCOc1ccccc1.CC(=O)O. The predicted octanol–water partition coefficient (Wildman–Crippen LogP) is 1.04. The zero-order chi connectivity index (χ0) is 15.4. The lowest BCUT2D eigenvalue weighted by molar-refractivity contribution is -0.134. The fraction of sp³-hybridized carbons (Fsp3) is 0.429. The van der Waals surface area contributed by atoms with E-state index < -0.39 is 5.97 Å². The van der Waals surface area contributed by atoms with E-state index >= 15 is 0 Å². The second-order valence-corrected chi connectivity index (χ2v) is 4.05. The Hall–Kier alpha value is -2.08. The average Bonchev–Trinajstić information content (AvgIpc) is 2.37. The topological polar surface area (TPSA) is 95.9 Å². The van der Waals surface area contributed by atoms with Gasteiger partial charge in [0.2, 0.25) is 5.91 Å². The molecule has 0 aliphatic carbocycles. The molecule has 1 rings (SSSR count). The number of nitrogens with one attached hydrogen (secondary N) is 1. The summed E-state index contributed by atoms with van der Waals surface area (Å²) in [5.74, 6) is -0.180. The fourth-order valence-corrected chi connectivity index (χ4v) is 1.33. The molecule has 0 aromatic heterocycles. The van der Waals surface area contributed by atoms with Crippen molar-refractivity contribution >= 4 is 11.9 Å². The number of carboxylic acid groups (broad SMARTS) is 1. The zero-order valence-electron chi connectivity index (χ0n) is 11.7. The second-order valence-electron chi connectivity index (χ2n) is 4.05. The molecule has 1 aromatic rings. The highest BCUT2D eigenvalue weighted by atomic mass is 16.5. The van der Waals surface area contributed by atoms with E-state index in [2.05, 4.69) is 5.32 Å². The fourth-order valence-electron chi connectivity index (χ4n) is 1.33. The van der Waals surface area contributed by atoms with E-state index in [0.29, 0.717) is 13.0 Å². The summed E-state index contributed by atoms with van der Waals surface area (Å²) in [6.45, 7) is 2.91. The van der Waals surface area contributed by atoms with Crippen molar-refractivity contribution in [2.75, 3.05) is 13.2 Å². The minimum atomic E-state index is -0.833. The maximum Gasteiger partial charge on any atom is 0.300 e. The summed E-state index contributed by atoms with van der Waals surface area (Å²) < 4.78 is 5.46. The molecule has 0 saturated heterocycles. The number of aliphatic carboxylic acids is 1. The molecule has 6 heteroatoms. The second kappa shape index (κ2) is 10.8. The van der Waals surface area contributed by atoms with Crippen LogP contribution in [0.15, 0.2) is 30.3 Å². The van der Waals surface area contributed by atoms with E-state index in [4.69, 9.17) is 19.7 Å². The third kappa shape index (κ3) is 11.0. The maximum atomic E-state index is 10.8. The third-order valence-corrected chi connectivity index (χ3v) is 2.11. The van der Waals surface area contributed by atoms with Crippen LogP contribution in [0.25, 0.3) is 0 Å². The Morgan fingerprint density at radius 3 is 2.25 bits per heavy atom. The van der Waals surface area contributed by atoms with Crippen LogP contribution in [0.5, 0.6) is 5.75 Å². The van der Waals surface area contributed by atoms with Crippen LogP contribution in [-0.4, -0.2) is 41.3 Å². The molecule has 6 nitrogen and oxygen atoms in total. The van der Waals surface area contributed by atoms with Crippen LogP contribution >= 0.6 is 0 Å². The molecule has 0 radical (unpaired) electrons. The van der Waals surface area contributed by atoms with Crippen molar-refractivity contribution in [3.63, 3.8) is 0 Å². The molecule has 3 N–H and O–H groups in total. The van der Waals surface area contributed by atoms with Gasteiger partial charge in [0, 0.05) is 20.3 Å². The van der Waals surface area contributed by atoms with Gasteiger partial charge < -0.3 is 20.3 Å². The van der Waals surface area contributed by atoms with Crippen molar-refractivity contribution in [3.8, 4) is 5.75 Å². The first-order valence-electron chi connectivity index (χ1n) is 6.21. The minimum absolute atomic E-state index is 0.0717. The molecule has 1 atom stereocenters. The molecule has 0 aliphatic rings. The Kier molecular flexibility index (Phi) is 9.68. The quantitative estimate of drug-likeness (QED) is 0.725. The largest absolute Gasteiger partial charge is 0.494 e. The predicted molar refractivity (Wildman–Crippen MR) is 74.6 cm³/mol. The Morgan fingerprint density at radius 2 is 1.80 bits per heavy atom. The number of carbonyl (C=O) groups excluding carboxylic acids is 1. The van der Waals surface area contributed by atoms with E-state index in [-0.39, 0.29) is 18.6 Å². The summed E-state index contributed by atoms with van der Waals surface area (Å²) in [6.07, 6.45) is 0.588. The monoisotopic (exact) mass is 283 g/mol. The number of aliphatic hydroxyl groups is 1. The first-order valence-corrected chi connectivity index (χ1v) is 6.21. The number of para-hydroxylation sites is 1. The summed E-state index contributed by atoms with van der Waals surface area (Å²) in [4.78, 5) is 19.8. The summed E-state index contributed by atoms with van der Waals surface area (Å²) in [5.41, 5.74) is 0. The summed E-state index contributed by atoms with van der Waals surface area (Å²) >= 11 is 0. The molecule has 1 unspecified atom stereocenters. The molecule has 0 aliphatic heterocycles. The van der Waals surface area contributed by atoms with Crippen molar-refractivity contribution in [2.45, 2.75) is 26.3 Å². The van der Waals surface area contributed by atoms with Gasteiger partial charge in [0.05, 0.1) is 19.3 Å². The lowest BCUT2D eigenvalue weighted by Gasteiger charge is -2.15. The van der Waals surface area contributed by atoms with Gasteiger partial charge in [-0.25, -0.2) is 0 Å². The third-order valence-electron chi connectivity index (χ3n) is 2.11. The van der Waals surface area contributed by atoms with E-state index in [1.807, 2.05) is 30.3 Å². The molecule has 0 saturated carbocycles. The molecule has 1 aromatic carbocycles.